The molecule has 0 aromatic carbocycles. The Morgan fingerprint density at radius 3 is 1.85 bits per heavy atom. The number of pyridine rings is 3. The van der Waals surface area contributed by atoms with Crippen molar-refractivity contribution in [2.75, 3.05) is 23.8 Å². The van der Waals surface area contributed by atoms with Crippen molar-refractivity contribution in [3.8, 4) is 22.3 Å². The fourth-order valence-electron chi connectivity index (χ4n) is 6.55. The Morgan fingerprint density at radius 1 is 0.694 bits per heavy atom. The molecule has 1 aliphatic heterocycles. The van der Waals surface area contributed by atoms with Gasteiger partial charge in [0.05, 0.1) is 45.3 Å². The Bertz CT molecular complexity index is 2850. The van der Waals surface area contributed by atoms with Crippen LogP contribution in [0.5, 0.6) is 0 Å². The van der Waals surface area contributed by atoms with Crippen LogP contribution in [0.4, 0.5) is 0 Å². The van der Waals surface area contributed by atoms with Crippen LogP contribution in [0.15, 0.2) is 106 Å². The Kier molecular flexibility index (Phi) is 16.5. The first kappa shape index (κ1) is 45.8. The van der Waals surface area contributed by atoms with Crippen LogP contribution in [0, 0.1) is 0 Å². The molecule has 19 heteroatoms. The van der Waals surface area contributed by atoms with Crippen molar-refractivity contribution < 1.29 is 23.1 Å². The minimum atomic E-state index is -3.26. The molecule has 16 nitrogen and oxygen atoms in total. The number of aromatic nitrogens is 10. The molecule has 7 N–H and O–H groups in total. The highest BCUT2D eigenvalue weighted by atomic mass is 32.2. The molecular formula is C43H51N11O5S3. The molecule has 1 atom stereocenters. The van der Waals surface area contributed by atoms with E-state index in [4.69, 9.17) is 10.5 Å². The van der Waals surface area contributed by atoms with Gasteiger partial charge in [0.25, 0.3) is 0 Å². The number of hydrogen-bond acceptors (Lipinski definition) is 12. The summed E-state index contributed by atoms with van der Waals surface area (Å²) in [5.74, 6) is 2.00. The number of allylic oxidation sites excluding steroid dienone is 1. The third kappa shape index (κ3) is 11.2. The van der Waals surface area contributed by atoms with Crippen molar-refractivity contribution in [1.29, 1.82) is 0 Å². The molecule has 0 bridgehead atoms. The van der Waals surface area contributed by atoms with Gasteiger partial charge >= 0.3 is 0 Å². The fourth-order valence-corrected chi connectivity index (χ4v) is 10.2. The maximum atomic E-state index is 12.3. The van der Waals surface area contributed by atoms with Crippen molar-refractivity contribution in [1.82, 2.24) is 50.3 Å². The van der Waals surface area contributed by atoms with Crippen molar-refractivity contribution >= 4 is 77.3 Å². The SMILES string of the molecule is CCCCS(=O)(=O)c1cnc2[nH]cc(C3=CCN=C3)c2c1.CCCCS(=O)c1cnc2[nH]cc(-c3cn[nH]c3)c2c1.CCCCSc1cnc2[nH]cc(-c3cn[nH]c3)c2c1.OO. The summed E-state index contributed by atoms with van der Waals surface area (Å²) < 4.78 is 36.8. The Labute approximate surface area is 365 Å². The third-order valence-electron chi connectivity index (χ3n) is 9.93. The summed E-state index contributed by atoms with van der Waals surface area (Å²) in [5, 5.41) is 28.6. The lowest BCUT2D eigenvalue weighted by Gasteiger charge is -2.04. The Hall–Kier alpha value is -5.73. The van der Waals surface area contributed by atoms with E-state index in [-0.39, 0.29) is 5.75 Å². The van der Waals surface area contributed by atoms with Gasteiger partial charge in [-0.3, -0.25) is 29.9 Å². The second-order valence-electron chi connectivity index (χ2n) is 14.2. The molecule has 8 aromatic rings. The molecule has 9 rings (SSSR count). The minimum Gasteiger partial charge on any atom is -0.346 e. The van der Waals surface area contributed by atoms with E-state index in [9.17, 15) is 12.6 Å². The highest BCUT2D eigenvalue weighted by molar-refractivity contribution is 7.99. The van der Waals surface area contributed by atoms with Crippen LogP contribution in [-0.2, 0) is 20.6 Å². The quantitative estimate of drug-likeness (QED) is 0.0221. The fraction of sp³-hybridized carbons (Fsp3) is 0.302. The predicted molar refractivity (Wildman–Crippen MR) is 249 cm³/mol. The van der Waals surface area contributed by atoms with Crippen LogP contribution < -0.4 is 0 Å². The normalized spacial score (nSPS) is 12.7. The van der Waals surface area contributed by atoms with E-state index in [0.717, 1.165) is 90.8 Å². The predicted octanol–water partition coefficient (Wildman–Crippen LogP) is 9.33. The van der Waals surface area contributed by atoms with Crippen LogP contribution in [0.25, 0.3) is 60.9 Å². The van der Waals surface area contributed by atoms with Crippen molar-refractivity contribution in [3.05, 3.63) is 91.8 Å². The van der Waals surface area contributed by atoms with Crippen molar-refractivity contribution in [2.24, 2.45) is 4.99 Å². The lowest BCUT2D eigenvalue weighted by molar-refractivity contribution is -0.176. The van der Waals surface area contributed by atoms with Gasteiger partial charge in [-0.2, -0.15) is 10.2 Å². The number of nitrogens with zero attached hydrogens (tertiary/aromatic N) is 6. The molecule has 0 aliphatic carbocycles. The average Bonchev–Trinajstić information content (AvgIpc) is 4.16. The summed E-state index contributed by atoms with van der Waals surface area (Å²) in [6, 6.07) is 5.89. The summed E-state index contributed by atoms with van der Waals surface area (Å²) in [4.78, 5) is 29.0. The molecule has 0 spiro atoms. The molecule has 0 saturated heterocycles. The standard InChI is InChI=1S/C15H17N3O2S.C14H16N4OS.C14H16N4S.H2O2/c1-2-3-6-21(19,20)12-7-13-14(11-4-5-16-8-11)10-18-15(13)17-9-12;1-2-3-4-20(19)11-5-12-13(10-6-17-18-7-10)9-16-14(12)15-8-11;1-2-3-4-19-11-5-12-13(10-6-17-18-7-10)9-16-14(12)15-8-11;1-2/h4,7-10H,2-3,5-6H2,1H3,(H,17,18);5-9H,2-4H2,1H3,(H,15,16)(H,17,18);5-9H,2-4H2,1H3,(H,15,16)(H,17,18);1-2H. The van der Waals surface area contributed by atoms with Gasteiger partial charge in [0.15, 0.2) is 9.84 Å². The van der Waals surface area contributed by atoms with Crippen LogP contribution in [0.1, 0.15) is 64.9 Å². The van der Waals surface area contributed by atoms with Gasteiger partial charge in [-0.15, -0.1) is 11.8 Å². The summed E-state index contributed by atoms with van der Waals surface area (Å²) in [7, 11) is -4.24. The zero-order valence-electron chi connectivity index (χ0n) is 34.8. The van der Waals surface area contributed by atoms with Gasteiger partial charge in [-0.05, 0) is 48.8 Å². The summed E-state index contributed by atoms with van der Waals surface area (Å²) in [6.07, 6.45) is 28.0. The molecule has 0 radical (unpaired) electrons. The molecule has 9 heterocycles. The third-order valence-corrected chi connectivity index (χ3v) is 14.2. The van der Waals surface area contributed by atoms with E-state index >= 15 is 0 Å². The van der Waals surface area contributed by atoms with E-state index in [0.29, 0.717) is 29.3 Å². The van der Waals surface area contributed by atoms with Crippen LogP contribution in [-0.4, -0.2) is 103 Å². The number of nitrogens with one attached hydrogen (secondary N) is 5. The first-order valence-corrected chi connectivity index (χ1v) is 24.3. The zero-order valence-corrected chi connectivity index (χ0v) is 37.2. The number of H-pyrrole nitrogens is 5. The average molecular weight is 898 g/mol. The molecule has 1 aliphatic rings. The van der Waals surface area contributed by atoms with E-state index < -0.39 is 20.6 Å². The number of rotatable bonds is 15. The van der Waals surface area contributed by atoms with Gasteiger partial charge in [0.2, 0.25) is 0 Å². The summed E-state index contributed by atoms with van der Waals surface area (Å²) >= 11 is 1.87. The van der Waals surface area contributed by atoms with Crippen LogP contribution in [0.2, 0.25) is 0 Å². The minimum absolute atomic E-state index is 0.167. The molecule has 0 amide bonds. The molecular weight excluding hydrogens is 847 g/mol. The number of unbranched alkanes of at least 4 members (excludes halogenated alkanes) is 3. The first-order chi connectivity index (χ1) is 30.3. The number of sulfone groups is 1. The van der Waals surface area contributed by atoms with E-state index in [2.05, 4.69) is 75.2 Å². The van der Waals surface area contributed by atoms with Gasteiger partial charge in [-0.1, -0.05) is 46.1 Å². The molecule has 0 fully saturated rings. The topological polar surface area (TPSA) is 247 Å². The monoisotopic (exact) mass is 897 g/mol. The smallest absolute Gasteiger partial charge is 0.179 e. The zero-order chi connectivity index (χ0) is 43.9. The molecule has 62 heavy (non-hydrogen) atoms. The maximum Gasteiger partial charge on any atom is 0.179 e. The first-order valence-electron chi connectivity index (χ1n) is 20.3. The number of hydrogen-bond donors (Lipinski definition) is 7. The van der Waals surface area contributed by atoms with Crippen LogP contribution >= 0.6 is 11.8 Å². The lowest BCUT2D eigenvalue weighted by Crippen LogP contribution is -2.07. The summed E-state index contributed by atoms with van der Waals surface area (Å²) in [5.41, 5.74) is 8.63. The van der Waals surface area contributed by atoms with Crippen molar-refractivity contribution in [2.45, 2.75) is 74.0 Å². The number of aliphatic imine (C=N–C) groups is 1. The lowest BCUT2D eigenvalue weighted by atomic mass is 10.1. The van der Waals surface area contributed by atoms with Gasteiger partial charge in [0.1, 0.15) is 16.9 Å². The van der Waals surface area contributed by atoms with Crippen molar-refractivity contribution in [3.63, 3.8) is 0 Å². The molecule has 326 valence electrons. The van der Waals surface area contributed by atoms with E-state index in [1.54, 1.807) is 24.7 Å². The number of thioether (sulfide) groups is 1. The van der Waals surface area contributed by atoms with E-state index in [1.807, 2.05) is 74.2 Å². The molecule has 0 saturated carbocycles. The van der Waals surface area contributed by atoms with Gasteiger partial charge in [-0.25, -0.2) is 23.4 Å². The van der Waals surface area contributed by atoms with E-state index in [1.165, 1.54) is 23.9 Å². The number of fused-ring (bicyclic) bond motifs is 3. The largest absolute Gasteiger partial charge is 0.346 e. The second-order valence-corrected chi connectivity index (χ2v) is 19.1. The second kappa shape index (κ2) is 22.4. The number of aromatic amines is 5. The highest BCUT2D eigenvalue weighted by Gasteiger charge is 2.18. The van der Waals surface area contributed by atoms with Gasteiger partial charge < -0.3 is 15.0 Å². The summed E-state index contributed by atoms with van der Waals surface area (Å²) in [6.45, 7) is 6.96. The highest BCUT2D eigenvalue weighted by Crippen LogP contribution is 2.31. The van der Waals surface area contributed by atoms with Crippen LogP contribution in [0.3, 0.4) is 0 Å². The Balaban J connectivity index is 0.000000152. The molecule has 8 aromatic heterocycles. The molecule has 1 unspecified atom stereocenters. The Morgan fingerprint density at radius 2 is 1.27 bits per heavy atom. The van der Waals surface area contributed by atoms with Gasteiger partial charge in [0, 0.05) is 110 Å². The maximum absolute atomic E-state index is 12.3.